The van der Waals surface area contributed by atoms with Gasteiger partial charge in [-0.15, -0.1) is 11.3 Å². The molecular formula is C14H13N3O3S. The zero-order chi connectivity index (χ0) is 15.6. The van der Waals surface area contributed by atoms with Crippen LogP contribution in [0.2, 0.25) is 0 Å². The highest BCUT2D eigenvalue weighted by Gasteiger charge is 2.25. The largest absolute Gasteiger partial charge is 0.306 e. The van der Waals surface area contributed by atoms with E-state index < -0.39 is 10.7 Å². The van der Waals surface area contributed by atoms with Crippen molar-refractivity contribution in [2.45, 2.75) is 19.8 Å². The van der Waals surface area contributed by atoms with E-state index in [4.69, 9.17) is 5.41 Å². The molecule has 0 saturated carbocycles. The number of thiazole rings is 1. The predicted octanol–water partition coefficient (Wildman–Crippen LogP) is 3.40. The van der Waals surface area contributed by atoms with Crippen LogP contribution in [0.15, 0.2) is 24.3 Å². The molecule has 0 spiro atoms. The van der Waals surface area contributed by atoms with Crippen molar-refractivity contribution in [1.29, 1.82) is 5.41 Å². The molecule has 108 valence electrons. The summed E-state index contributed by atoms with van der Waals surface area (Å²) in [7, 11) is 0. The fourth-order valence-corrected chi connectivity index (χ4v) is 2.80. The second kappa shape index (κ2) is 5.92. The predicted molar refractivity (Wildman–Crippen MR) is 80.6 cm³/mol. The summed E-state index contributed by atoms with van der Waals surface area (Å²) in [6.45, 7) is 3.87. The van der Waals surface area contributed by atoms with Crippen molar-refractivity contribution in [1.82, 2.24) is 4.98 Å². The summed E-state index contributed by atoms with van der Waals surface area (Å²) in [5.41, 5.74) is 0.0364. The molecule has 0 bridgehead atoms. The van der Waals surface area contributed by atoms with Crippen molar-refractivity contribution in [2.24, 2.45) is 0 Å². The molecule has 0 atom stereocenters. The second-order valence-corrected chi connectivity index (χ2v) is 5.70. The van der Waals surface area contributed by atoms with Gasteiger partial charge in [0.15, 0.2) is 0 Å². The molecule has 6 nitrogen and oxygen atoms in total. The number of nitrogens with zero attached hydrogens (tertiary/aromatic N) is 2. The number of hydrogen-bond acceptors (Lipinski definition) is 6. The number of aromatic nitrogens is 1. The molecule has 1 aromatic carbocycles. The van der Waals surface area contributed by atoms with E-state index in [-0.39, 0.29) is 27.7 Å². The Morgan fingerprint density at radius 2 is 2.10 bits per heavy atom. The van der Waals surface area contributed by atoms with Crippen LogP contribution in [0.1, 0.15) is 45.7 Å². The van der Waals surface area contributed by atoms with Gasteiger partial charge in [0.2, 0.25) is 5.78 Å². The molecular weight excluding hydrogens is 290 g/mol. The van der Waals surface area contributed by atoms with Gasteiger partial charge in [-0.25, -0.2) is 4.98 Å². The summed E-state index contributed by atoms with van der Waals surface area (Å²) in [4.78, 5) is 27.5. The SMILES string of the molecule is CC(C)c1nc(C=N)c(C(=O)c2ccccc2[N+](=O)[O-])s1. The molecule has 1 N–H and O–H groups in total. The number of benzene rings is 1. The van der Waals surface area contributed by atoms with Crippen LogP contribution in [-0.4, -0.2) is 21.9 Å². The van der Waals surface area contributed by atoms with Crippen LogP contribution in [-0.2, 0) is 0 Å². The van der Waals surface area contributed by atoms with Gasteiger partial charge >= 0.3 is 0 Å². The van der Waals surface area contributed by atoms with Crippen LogP contribution in [0.5, 0.6) is 0 Å². The van der Waals surface area contributed by atoms with Gasteiger partial charge in [0.25, 0.3) is 5.69 Å². The van der Waals surface area contributed by atoms with E-state index >= 15 is 0 Å². The number of nitrogens with one attached hydrogen (secondary N) is 1. The number of rotatable bonds is 5. The highest BCUT2D eigenvalue weighted by Crippen LogP contribution is 2.29. The topological polar surface area (TPSA) is 97.0 Å². The fourth-order valence-electron chi connectivity index (χ4n) is 1.80. The highest BCUT2D eigenvalue weighted by molar-refractivity contribution is 7.14. The molecule has 0 aliphatic heterocycles. The van der Waals surface area contributed by atoms with Crippen LogP contribution in [0.25, 0.3) is 0 Å². The Bertz CT molecular complexity index is 722. The molecule has 2 aromatic rings. The van der Waals surface area contributed by atoms with Crippen LogP contribution in [0.4, 0.5) is 5.69 Å². The zero-order valence-electron chi connectivity index (χ0n) is 11.5. The summed E-state index contributed by atoms with van der Waals surface area (Å²) in [6, 6.07) is 5.80. The zero-order valence-corrected chi connectivity index (χ0v) is 12.3. The lowest BCUT2D eigenvalue weighted by Crippen LogP contribution is -2.06. The number of carbonyl (C=O) groups is 1. The van der Waals surface area contributed by atoms with Gasteiger partial charge in [-0.3, -0.25) is 14.9 Å². The minimum Gasteiger partial charge on any atom is -0.306 e. The summed E-state index contributed by atoms with van der Waals surface area (Å²) in [5, 5.41) is 19.1. The van der Waals surface area contributed by atoms with E-state index in [0.29, 0.717) is 0 Å². The number of ketones is 1. The van der Waals surface area contributed by atoms with Crippen LogP contribution < -0.4 is 0 Å². The minimum atomic E-state index is -0.582. The lowest BCUT2D eigenvalue weighted by atomic mass is 10.1. The minimum absolute atomic E-state index is 0.0181. The molecule has 1 heterocycles. The van der Waals surface area contributed by atoms with Crippen molar-refractivity contribution in [3.8, 4) is 0 Å². The molecule has 0 aliphatic rings. The van der Waals surface area contributed by atoms with E-state index in [1.165, 1.54) is 29.5 Å². The summed E-state index contributed by atoms with van der Waals surface area (Å²) >= 11 is 1.18. The Labute approximate surface area is 125 Å². The molecule has 0 unspecified atom stereocenters. The Balaban J connectivity index is 2.55. The average molecular weight is 303 g/mol. The smallest absolute Gasteiger partial charge is 0.280 e. The Kier molecular flexibility index (Phi) is 4.23. The molecule has 2 rings (SSSR count). The first kappa shape index (κ1) is 15.0. The van der Waals surface area contributed by atoms with Crippen molar-refractivity contribution < 1.29 is 9.72 Å². The maximum Gasteiger partial charge on any atom is 0.280 e. The van der Waals surface area contributed by atoms with Crippen molar-refractivity contribution in [3.63, 3.8) is 0 Å². The van der Waals surface area contributed by atoms with Crippen molar-refractivity contribution in [3.05, 3.63) is 55.5 Å². The molecule has 21 heavy (non-hydrogen) atoms. The molecule has 0 radical (unpaired) electrons. The summed E-state index contributed by atoms with van der Waals surface area (Å²) in [6.07, 6.45) is 1.00. The maximum absolute atomic E-state index is 12.5. The molecule has 0 aliphatic carbocycles. The Morgan fingerprint density at radius 3 is 2.67 bits per heavy atom. The number of hydrogen-bond donors (Lipinski definition) is 1. The first-order valence-corrected chi connectivity index (χ1v) is 7.06. The fraction of sp³-hybridized carbons (Fsp3) is 0.214. The lowest BCUT2D eigenvalue weighted by molar-refractivity contribution is -0.385. The average Bonchev–Trinajstić information content (AvgIpc) is 2.90. The molecule has 1 aromatic heterocycles. The van der Waals surface area contributed by atoms with Crippen molar-refractivity contribution >= 4 is 29.0 Å². The van der Waals surface area contributed by atoms with Gasteiger partial charge in [-0.1, -0.05) is 26.0 Å². The van der Waals surface area contributed by atoms with Gasteiger partial charge in [0.05, 0.1) is 9.93 Å². The quantitative estimate of drug-likeness (QED) is 0.396. The van der Waals surface area contributed by atoms with E-state index in [9.17, 15) is 14.9 Å². The second-order valence-electron chi connectivity index (χ2n) is 4.67. The van der Waals surface area contributed by atoms with E-state index in [1.807, 2.05) is 13.8 Å². The summed E-state index contributed by atoms with van der Waals surface area (Å²) in [5.74, 6) is -0.341. The lowest BCUT2D eigenvalue weighted by Gasteiger charge is -2.00. The maximum atomic E-state index is 12.5. The van der Waals surface area contributed by atoms with Crippen LogP contribution in [0.3, 0.4) is 0 Å². The third-order valence-electron chi connectivity index (χ3n) is 2.85. The Hall–Kier alpha value is -2.41. The van der Waals surface area contributed by atoms with Gasteiger partial charge in [-0.2, -0.15) is 0 Å². The normalized spacial score (nSPS) is 10.6. The first-order chi connectivity index (χ1) is 9.95. The van der Waals surface area contributed by atoms with Crippen molar-refractivity contribution in [2.75, 3.05) is 0 Å². The third-order valence-corrected chi connectivity index (χ3v) is 4.22. The molecule has 0 saturated heterocycles. The summed E-state index contributed by atoms with van der Waals surface area (Å²) < 4.78 is 0. The monoisotopic (exact) mass is 303 g/mol. The van der Waals surface area contributed by atoms with Crippen LogP contribution in [0, 0.1) is 15.5 Å². The van der Waals surface area contributed by atoms with Gasteiger partial charge in [-0.05, 0) is 6.07 Å². The third kappa shape index (κ3) is 2.87. The van der Waals surface area contributed by atoms with E-state index in [0.717, 1.165) is 11.2 Å². The number of para-hydroxylation sites is 1. The van der Waals surface area contributed by atoms with Crippen LogP contribution >= 0.6 is 11.3 Å². The molecule has 0 fully saturated rings. The Morgan fingerprint density at radius 1 is 1.43 bits per heavy atom. The molecule has 0 amide bonds. The number of carbonyl (C=O) groups excluding carboxylic acids is 1. The van der Waals surface area contributed by atoms with E-state index in [1.54, 1.807) is 6.07 Å². The number of nitro groups is 1. The number of nitro benzene ring substituents is 1. The van der Waals surface area contributed by atoms with E-state index in [2.05, 4.69) is 4.98 Å². The van der Waals surface area contributed by atoms with Gasteiger partial charge in [0, 0.05) is 18.2 Å². The first-order valence-electron chi connectivity index (χ1n) is 6.25. The standard InChI is InChI=1S/C14H13N3O3S/c1-8(2)14-16-10(7-15)13(21-14)12(18)9-5-3-4-6-11(9)17(19)20/h3-8,15H,1-2H3. The highest BCUT2D eigenvalue weighted by atomic mass is 32.1. The van der Waals surface area contributed by atoms with Gasteiger partial charge in [0.1, 0.15) is 16.1 Å². The molecule has 7 heteroatoms. The van der Waals surface area contributed by atoms with Gasteiger partial charge < -0.3 is 5.41 Å².